The van der Waals surface area contributed by atoms with Crippen LogP contribution in [-0.4, -0.2) is 57.8 Å². The molecule has 0 aromatic carbocycles. The van der Waals surface area contributed by atoms with Gasteiger partial charge in [0, 0.05) is 50.9 Å². The number of aryl methyl sites for hydroxylation is 1. The van der Waals surface area contributed by atoms with Crippen LogP contribution in [0.2, 0.25) is 0 Å². The Morgan fingerprint density at radius 2 is 2.05 bits per heavy atom. The van der Waals surface area contributed by atoms with Crippen LogP contribution in [0.1, 0.15) is 18.9 Å². The molecule has 2 fully saturated rings. The molecule has 6 heteroatoms. The molecule has 0 saturated carbocycles. The third-order valence-corrected chi connectivity index (χ3v) is 4.50. The van der Waals surface area contributed by atoms with E-state index >= 15 is 0 Å². The summed E-state index contributed by atoms with van der Waals surface area (Å²) < 4.78 is 0. The summed E-state index contributed by atoms with van der Waals surface area (Å²) in [6, 6.07) is 0. The maximum Gasteiger partial charge on any atom is 0.227 e. The van der Waals surface area contributed by atoms with Gasteiger partial charge in [-0.25, -0.2) is 9.97 Å². The average molecular weight is 288 g/mol. The Morgan fingerprint density at radius 3 is 2.71 bits per heavy atom. The fourth-order valence-corrected chi connectivity index (χ4v) is 3.30. The second-order valence-corrected chi connectivity index (χ2v) is 5.79. The maximum absolute atomic E-state index is 12.3. The third kappa shape index (κ3) is 2.75. The molecule has 112 valence electrons. The van der Waals surface area contributed by atoms with Gasteiger partial charge in [-0.1, -0.05) is 0 Å². The molecule has 2 aliphatic rings. The summed E-state index contributed by atoms with van der Waals surface area (Å²) in [5.41, 5.74) is 0.971. The predicted octanol–water partition coefficient (Wildman–Crippen LogP) is 0.346. The largest absolute Gasteiger partial charge is 0.342 e. The second kappa shape index (κ2) is 5.79. The molecule has 0 bridgehead atoms. The summed E-state index contributed by atoms with van der Waals surface area (Å²) in [6.07, 6.45) is 6.07. The van der Waals surface area contributed by atoms with Crippen molar-refractivity contribution in [3.63, 3.8) is 0 Å². The summed E-state index contributed by atoms with van der Waals surface area (Å²) in [7, 11) is 0. The topological polar surface area (TPSA) is 66.4 Å². The molecular formula is C15H20N4O2. The lowest BCUT2D eigenvalue weighted by molar-refractivity contribution is -0.133. The van der Waals surface area contributed by atoms with Crippen LogP contribution < -0.4 is 0 Å². The molecular weight excluding hydrogens is 268 g/mol. The summed E-state index contributed by atoms with van der Waals surface area (Å²) in [5.74, 6) is 0.689. The van der Waals surface area contributed by atoms with Crippen molar-refractivity contribution in [2.45, 2.75) is 19.8 Å². The zero-order valence-electron chi connectivity index (χ0n) is 12.2. The molecule has 21 heavy (non-hydrogen) atoms. The van der Waals surface area contributed by atoms with Crippen molar-refractivity contribution in [1.29, 1.82) is 0 Å². The fraction of sp³-hybridized carbons (Fsp3) is 0.600. The number of amides is 2. The first-order chi connectivity index (χ1) is 10.2. The molecule has 2 saturated heterocycles. The second-order valence-electron chi connectivity index (χ2n) is 5.79. The van der Waals surface area contributed by atoms with E-state index in [9.17, 15) is 9.59 Å². The van der Waals surface area contributed by atoms with Crippen LogP contribution in [0.5, 0.6) is 0 Å². The van der Waals surface area contributed by atoms with E-state index in [4.69, 9.17) is 0 Å². The predicted molar refractivity (Wildman–Crippen MR) is 76.2 cm³/mol. The first kappa shape index (κ1) is 14.0. The van der Waals surface area contributed by atoms with Crippen molar-refractivity contribution in [1.82, 2.24) is 19.8 Å². The Morgan fingerprint density at radius 1 is 1.29 bits per heavy atom. The molecule has 3 rings (SSSR count). The first-order valence-corrected chi connectivity index (χ1v) is 7.49. The van der Waals surface area contributed by atoms with Gasteiger partial charge in [-0.15, -0.1) is 0 Å². The Balaban J connectivity index is 1.53. The molecule has 0 aliphatic carbocycles. The van der Waals surface area contributed by atoms with Crippen molar-refractivity contribution >= 4 is 11.8 Å². The van der Waals surface area contributed by atoms with Crippen LogP contribution in [0.3, 0.4) is 0 Å². The number of fused-ring (bicyclic) bond motifs is 1. The highest BCUT2D eigenvalue weighted by Crippen LogP contribution is 2.32. The summed E-state index contributed by atoms with van der Waals surface area (Å²) in [4.78, 5) is 36.1. The highest BCUT2D eigenvalue weighted by Gasteiger charge is 2.46. The number of hydrogen-bond acceptors (Lipinski definition) is 4. The van der Waals surface area contributed by atoms with Crippen molar-refractivity contribution < 1.29 is 9.59 Å². The number of likely N-dealkylation sites (tertiary alicyclic amines) is 2. The average Bonchev–Trinajstić information content (AvgIpc) is 3.05. The quantitative estimate of drug-likeness (QED) is 0.801. The lowest BCUT2D eigenvalue weighted by Crippen LogP contribution is -2.35. The number of hydrogen-bond donors (Lipinski definition) is 0. The zero-order valence-corrected chi connectivity index (χ0v) is 12.2. The first-order valence-electron chi connectivity index (χ1n) is 7.49. The SMILES string of the molecule is CCN1C[C@@H]2CN(C(=O)CCc3cncnc3)C[C@@H]2C1=O. The Labute approximate surface area is 124 Å². The summed E-state index contributed by atoms with van der Waals surface area (Å²) in [5, 5.41) is 0. The van der Waals surface area contributed by atoms with Crippen molar-refractivity contribution in [3.05, 3.63) is 24.3 Å². The van der Waals surface area contributed by atoms with E-state index in [1.165, 1.54) is 6.33 Å². The van der Waals surface area contributed by atoms with Gasteiger partial charge in [-0.3, -0.25) is 9.59 Å². The number of nitrogens with zero attached hydrogens (tertiary/aromatic N) is 4. The van der Waals surface area contributed by atoms with Gasteiger partial charge in [0.05, 0.1) is 5.92 Å². The van der Waals surface area contributed by atoms with Gasteiger partial charge >= 0.3 is 0 Å². The van der Waals surface area contributed by atoms with Crippen LogP contribution >= 0.6 is 0 Å². The minimum atomic E-state index is 0.0222. The van der Waals surface area contributed by atoms with E-state index < -0.39 is 0 Å². The normalized spacial score (nSPS) is 24.5. The molecule has 3 heterocycles. The standard InChI is InChI=1S/C15H20N4O2/c1-2-18-7-12-8-19(9-13(12)15(18)21)14(20)4-3-11-5-16-10-17-6-11/h5-6,10,12-13H,2-4,7-9H2,1H3/t12-,13+/m1/s1. The highest BCUT2D eigenvalue weighted by molar-refractivity contribution is 5.84. The van der Waals surface area contributed by atoms with Gasteiger partial charge < -0.3 is 9.80 Å². The van der Waals surface area contributed by atoms with Gasteiger partial charge in [0.2, 0.25) is 11.8 Å². The molecule has 1 aromatic rings. The van der Waals surface area contributed by atoms with E-state index in [1.54, 1.807) is 12.4 Å². The van der Waals surface area contributed by atoms with Crippen LogP contribution in [0.15, 0.2) is 18.7 Å². The van der Waals surface area contributed by atoms with E-state index in [2.05, 4.69) is 9.97 Å². The summed E-state index contributed by atoms with van der Waals surface area (Å²) >= 11 is 0. The van der Waals surface area contributed by atoms with Crippen molar-refractivity contribution in [2.75, 3.05) is 26.2 Å². The third-order valence-electron chi connectivity index (χ3n) is 4.50. The minimum absolute atomic E-state index is 0.0222. The number of carbonyl (C=O) groups excluding carboxylic acids is 2. The lowest BCUT2D eigenvalue weighted by Gasteiger charge is -2.20. The number of rotatable bonds is 4. The van der Waals surface area contributed by atoms with E-state index in [0.717, 1.165) is 25.2 Å². The zero-order chi connectivity index (χ0) is 14.8. The Hall–Kier alpha value is -1.98. The van der Waals surface area contributed by atoms with Crippen LogP contribution in [0.4, 0.5) is 0 Å². The molecule has 2 aliphatic heterocycles. The molecule has 0 spiro atoms. The molecule has 0 radical (unpaired) electrons. The van der Waals surface area contributed by atoms with Crippen LogP contribution in [0.25, 0.3) is 0 Å². The number of carbonyl (C=O) groups is 2. The highest BCUT2D eigenvalue weighted by atomic mass is 16.2. The van der Waals surface area contributed by atoms with Gasteiger partial charge in [-0.05, 0) is 18.9 Å². The fourth-order valence-electron chi connectivity index (χ4n) is 3.30. The summed E-state index contributed by atoms with van der Waals surface area (Å²) in [6.45, 7) is 4.88. The van der Waals surface area contributed by atoms with Crippen LogP contribution in [0, 0.1) is 11.8 Å². The molecule has 0 unspecified atom stereocenters. The molecule has 6 nitrogen and oxygen atoms in total. The minimum Gasteiger partial charge on any atom is -0.342 e. The van der Waals surface area contributed by atoms with E-state index in [0.29, 0.717) is 25.3 Å². The maximum atomic E-state index is 12.3. The van der Waals surface area contributed by atoms with Crippen molar-refractivity contribution in [3.8, 4) is 0 Å². The van der Waals surface area contributed by atoms with Gasteiger partial charge in [-0.2, -0.15) is 0 Å². The van der Waals surface area contributed by atoms with E-state index in [-0.39, 0.29) is 17.7 Å². The monoisotopic (exact) mass is 288 g/mol. The number of aromatic nitrogens is 2. The lowest BCUT2D eigenvalue weighted by atomic mass is 10.0. The van der Waals surface area contributed by atoms with E-state index in [1.807, 2.05) is 16.7 Å². The Bertz CT molecular complexity index is 534. The molecule has 1 aromatic heterocycles. The molecule has 2 atom stereocenters. The Kier molecular flexibility index (Phi) is 3.86. The van der Waals surface area contributed by atoms with Gasteiger partial charge in [0.1, 0.15) is 6.33 Å². The smallest absolute Gasteiger partial charge is 0.227 e. The van der Waals surface area contributed by atoms with Crippen molar-refractivity contribution in [2.24, 2.45) is 11.8 Å². The molecule has 2 amide bonds. The van der Waals surface area contributed by atoms with Gasteiger partial charge in [0.15, 0.2) is 0 Å². The molecule has 0 N–H and O–H groups in total. The van der Waals surface area contributed by atoms with Crippen LogP contribution in [-0.2, 0) is 16.0 Å². The van der Waals surface area contributed by atoms with Gasteiger partial charge in [0.25, 0.3) is 0 Å².